The number of anilines is 2. The van der Waals surface area contributed by atoms with Crippen LogP contribution >= 0.6 is 11.3 Å². The summed E-state index contributed by atoms with van der Waals surface area (Å²) in [6, 6.07) is 7.33. The second-order valence-corrected chi connectivity index (χ2v) is 5.01. The number of aromatic nitrogens is 1. The maximum Gasteiger partial charge on any atom is 0.0992 e. The Balaban J connectivity index is 1.92. The predicted molar refractivity (Wildman–Crippen MR) is 74.6 cm³/mol. The van der Waals surface area contributed by atoms with E-state index in [1.165, 1.54) is 0 Å². The number of aryl methyl sites for hydroxylation is 1. The molecule has 0 amide bonds. The molecule has 0 atom stereocenters. The molecule has 2 rings (SSSR count). The Morgan fingerprint density at radius 1 is 1.50 bits per heavy atom. The van der Waals surface area contributed by atoms with Gasteiger partial charge in [-0.05, 0) is 25.1 Å². The van der Waals surface area contributed by atoms with Crippen molar-refractivity contribution in [1.29, 1.82) is 5.26 Å². The van der Waals surface area contributed by atoms with Crippen molar-refractivity contribution < 1.29 is 0 Å². The van der Waals surface area contributed by atoms with Gasteiger partial charge < -0.3 is 11.1 Å². The summed E-state index contributed by atoms with van der Waals surface area (Å²) >= 11 is 1.66. The van der Waals surface area contributed by atoms with Crippen molar-refractivity contribution in [1.82, 2.24) is 4.98 Å². The molecule has 0 bridgehead atoms. The first-order valence-corrected chi connectivity index (χ1v) is 6.51. The van der Waals surface area contributed by atoms with E-state index in [0.717, 1.165) is 29.4 Å². The molecular formula is C13H14N4S. The van der Waals surface area contributed by atoms with Crippen LogP contribution in [0.15, 0.2) is 23.6 Å². The summed E-state index contributed by atoms with van der Waals surface area (Å²) in [6.07, 6.45) is 0.865. The predicted octanol–water partition coefficient (Wildman–Crippen LogP) is 2.56. The number of nitriles is 1. The highest BCUT2D eigenvalue weighted by molar-refractivity contribution is 7.09. The Labute approximate surface area is 110 Å². The molecule has 4 nitrogen and oxygen atoms in total. The maximum absolute atomic E-state index is 8.75. The summed E-state index contributed by atoms with van der Waals surface area (Å²) in [5, 5.41) is 15.2. The van der Waals surface area contributed by atoms with Crippen molar-refractivity contribution in [2.75, 3.05) is 17.6 Å². The minimum Gasteiger partial charge on any atom is -0.397 e. The standard InChI is InChI=1S/C13H14N4S/c1-9-17-11(8-18-9)4-5-16-13-3-2-10(7-14)6-12(13)15/h2-3,6,8,16H,4-5,15H2,1H3. The van der Waals surface area contributed by atoms with Gasteiger partial charge in [0.05, 0.1) is 33.7 Å². The number of nitrogens with one attached hydrogen (secondary N) is 1. The number of nitrogen functional groups attached to an aromatic ring is 1. The van der Waals surface area contributed by atoms with Gasteiger partial charge in [-0.1, -0.05) is 0 Å². The number of rotatable bonds is 4. The second-order valence-electron chi connectivity index (χ2n) is 3.95. The van der Waals surface area contributed by atoms with E-state index in [9.17, 15) is 0 Å². The van der Waals surface area contributed by atoms with E-state index in [1.807, 2.05) is 13.0 Å². The monoisotopic (exact) mass is 258 g/mol. The Morgan fingerprint density at radius 3 is 2.94 bits per heavy atom. The van der Waals surface area contributed by atoms with Crippen LogP contribution in [-0.4, -0.2) is 11.5 Å². The van der Waals surface area contributed by atoms with E-state index in [1.54, 1.807) is 23.5 Å². The normalized spacial score (nSPS) is 10.0. The molecular weight excluding hydrogens is 244 g/mol. The highest BCUT2D eigenvalue weighted by atomic mass is 32.1. The van der Waals surface area contributed by atoms with Crippen molar-refractivity contribution in [3.8, 4) is 6.07 Å². The number of hydrogen-bond donors (Lipinski definition) is 2. The summed E-state index contributed by atoms with van der Waals surface area (Å²) in [5.74, 6) is 0. The topological polar surface area (TPSA) is 74.7 Å². The van der Waals surface area contributed by atoms with Gasteiger partial charge in [-0.3, -0.25) is 0 Å². The molecule has 92 valence electrons. The van der Waals surface area contributed by atoms with Gasteiger partial charge in [0.1, 0.15) is 0 Å². The van der Waals surface area contributed by atoms with E-state index in [4.69, 9.17) is 11.0 Å². The molecule has 0 aliphatic carbocycles. The lowest BCUT2D eigenvalue weighted by atomic mass is 10.2. The Bertz CT molecular complexity index is 583. The average molecular weight is 258 g/mol. The number of hydrogen-bond acceptors (Lipinski definition) is 5. The van der Waals surface area contributed by atoms with Gasteiger partial charge in [0, 0.05) is 18.3 Å². The number of nitrogens with zero attached hydrogens (tertiary/aromatic N) is 2. The zero-order valence-corrected chi connectivity index (χ0v) is 10.9. The van der Waals surface area contributed by atoms with Crippen molar-refractivity contribution in [2.45, 2.75) is 13.3 Å². The zero-order valence-electron chi connectivity index (χ0n) is 10.1. The maximum atomic E-state index is 8.75. The molecule has 0 saturated carbocycles. The third-order valence-electron chi connectivity index (χ3n) is 2.54. The molecule has 0 aliphatic heterocycles. The van der Waals surface area contributed by atoms with Crippen LogP contribution in [0.3, 0.4) is 0 Å². The van der Waals surface area contributed by atoms with Crippen LogP contribution in [0.2, 0.25) is 0 Å². The van der Waals surface area contributed by atoms with Gasteiger partial charge in [0.15, 0.2) is 0 Å². The molecule has 1 aromatic heterocycles. The number of benzene rings is 1. The summed E-state index contributed by atoms with van der Waals surface area (Å²) < 4.78 is 0. The number of nitrogens with two attached hydrogens (primary N) is 1. The lowest BCUT2D eigenvalue weighted by Crippen LogP contribution is -2.07. The molecule has 1 heterocycles. The number of thiazole rings is 1. The fourth-order valence-electron chi connectivity index (χ4n) is 1.64. The van der Waals surface area contributed by atoms with Crippen LogP contribution in [0.4, 0.5) is 11.4 Å². The van der Waals surface area contributed by atoms with E-state index >= 15 is 0 Å². The van der Waals surface area contributed by atoms with Crippen molar-refractivity contribution >= 4 is 22.7 Å². The van der Waals surface area contributed by atoms with Crippen LogP contribution in [0.1, 0.15) is 16.3 Å². The summed E-state index contributed by atoms with van der Waals surface area (Å²) in [4.78, 5) is 4.40. The van der Waals surface area contributed by atoms with Crippen molar-refractivity contribution in [2.24, 2.45) is 0 Å². The summed E-state index contributed by atoms with van der Waals surface area (Å²) in [5.41, 5.74) is 8.99. The van der Waals surface area contributed by atoms with Gasteiger partial charge in [-0.2, -0.15) is 5.26 Å². The van der Waals surface area contributed by atoms with Gasteiger partial charge in [0.25, 0.3) is 0 Å². The molecule has 0 aliphatic rings. The van der Waals surface area contributed by atoms with Crippen molar-refractivity contribution in [3.05, 3.63) is 39.8 Å². The SMILES string of the molecule is Cc1nc(CCNc2ccc(C#N)cc2N)cs1. The quantitative estimate of drug-likeness (QED) is 0.826. The molecule has 0 radical (unpaired) electrons. The van der Waals surface area contributed by atoms with Crippen LogP contribution in [-0.2, 0) is 6.42 Å². The molecule has 2 aromatic rings. The molecule has 18 heavy (non-hydrogen) atoms. The third-order valence-corrected chi connectivity index (χ3v) is 3.37. The lowest BCUT2D eigenvalue weighted by molar-refractivity contribution is 0.969. The molecule has 5 heteroatoms. The summed E-state index contributed by atoms with van der Waals surface area (Å²) in [7, 11) is 0. The Kier molecular flexibility index (Phi) is 3.80. The first-order chi connectivity index (χ1) is 8.69. The minimum atomic E-state index is 0.577. The van der Waals surface area contributed by atoms with E-state index in [-0.39, 0.29) is 0 Å². The first kappa shape index (κ1) is 12.4. The average Bonchev–Trinajstić information content (AvgIpc) is 2.77. The fraction of sp³-hybridized carbons (Fsp3) is 0.231. The highest BCUT2D eigenvalue weighted by Gasteiger charge is 2.01. The first-order valence-electron chi connectivity index (χ1n) is 5.63. The molecule has 0 fully saturated rings. The lowest BCUT2D eigenvalue weighted by Gasteiger charge is -2.08. The van der Waals surface area contributed by atoms with Crippen LogP contribution in [0.25, 0.3) is 0 Å². The minimum absolute atomic E-state index is 0.577. The molecule has 3 N–H and O–H groups in total. The van der Waals surface area contributed by atoms with Gasteiger partial charge in [-0.25, -0.2) is 4.98 Å². The molecule has 0 saturated heterocycles. The Morgan fingerprint density at radius 2 is 2.33 bits per heavy atom. The Hall–Kier alpha value is -2.06. The van der Waals surface area contributed by atoms with Crippen LogP contribution in [0, 0.1) is 18.3 Å². The van der Waals surface area contributed by atoms with E-state index in [0.29, 0.717) is 11.3 Å². The molecule has 0 unspecified atom stereocenters. The van der Waals surface area contributed by atoms with Gasteiger partial charge in [-0.15, -0.1) is 11.3 Å². The van der Waals surface area contributed by atoms with E-state index < -0.39 is 0 Å². The smallest absolute Gasteiger partial charge is 0.0992 e. The molecule has 1 aromatic carbocycles. The van der Waals surface area contributed by atoms with Gasteiger partial charge >= 0.3 is 0 Å². The van der Waals surface area contributed by atoms with Crippen LogP contribution in [0.5, 0.6) is 0 Å². The van der Waals surface area contributed by atoms with E-state index in [2.05, 4.69) is 21.8 Å². The van der Waals surface area contributed by atoms with Gasteiger partial charge in [0.2, 0.25) is 0 Å². The third kappa shape index (κ3) is 2.99. The molecule has 0 spiro atoms. The highest BCUT2D eigenvalue weighted by Crippen LogP contribution is 2.19. The second kappa shape index (κ2) is 5.52. The zero-order chi connectivity index (χ0) is 13.0. The van der Waals surface area contributed by atoms with Crippen molar-refractivity contribution in [3.63, 3.8) is 0 Å². The van der Waals surface area contributed by atoms with Crippen LogP contribution < -0.4 is 11.1 Å². The fourth-order valence-corrected chi connectivity index (χ4v) is 2.29. The largest absolute Gasteiger partial charge is 0.397 e. The summed E-state index contributed by atoms with van der Waals surface area (Å²) in [6.45, 7) is 2.78.